The molecule has 2 aliphatic rings. The first-order valence-electron chi connectivity index (χ1n) is 11.6. The maximum absolute atomic E-state index is 13.6. The van der Waals surface area contributed by atoms with Crippen LogP contribution in [-0.4, -0.2) is 28.4 Å². The summed E-state index contributed by atoms with van der Waals surface area (Å²) in [5.41, 5.74) is 2.56. The fourth-order valence-electron chi connectivity index (χ4n) is 5.24. The van der Waals surface area contributed by atoms with Crippen molar-refractivity contribution in [1.29, 1.82) is 0 Å². The maximum Gasteiger partial charge on any atom is 0.324 e. The molecule has 0 bridgehead atoms. The van der Waals surface area contributed by atoms with Crippen LogP contribution in [0.15, 0.2) is 78.9 Å². The molecule has 176 valence electrons. The Hall–Kier alpha value is -4.03. The van der Waals surface area contributed by atoms with Gasteiger partial charge in [0.15, 0.2) is 0 Å². The van der Waals surface area contributed by atoms with E-state index in [9.17, 15) is 19.5 Å². The first-order valence-corrected chi connectivity index (χ1v) is 11.6. The average molecular weight is 467 g/mol. The van der Waals surface area contributed by atoms with Gasteiger partial charge in [0.05, 0.1) is 17.5 Å². The summed E-state index contributed by atoms with van der Waals surface area (Å²) in [6.07, 6.45) is 4.01. The van der Waals surface area contributed by atoms with Gasteiger partial charge in [-0.05, 0) is 42.2 Å². The predicted molar refractivity (Wildman–Crippen MR) is 134 cm³/mol. The molecule has 3 aromatic rings. The second-order valence-corrected chi connectivity index (χ2v) is 9.34. The van der Waals surface area contributed by atoms with Crippen LogP contribution in [0.1, 0.15) is 35.2 Å². The Bertz CT molecular complexity index is 1330. The number of nitrogens with zero attached hydrogens (tertiary/aromatic N) is 1. The van der Waals surface area contributed by atoms with E-state index in [1.807, 2.05) is 85.8 Å². The third-order valence-corrected chi connectivity index (χ3v) is 7.15. The van der Waals surface area contributed by atoms with Crippen molar-refractivity contribution >= 4 is 35.6 Å². The number of benzene rings is 3. The number of anilines is 1. The van der Waals surface area contributed by atoms with Gasteiger partial charge in [0.25, 0.3) is 0 Å². The third-order valence-electron chi connectivity index (χ3n) is 7.15. The van der Waals surface area contributed by atoms with Gasteiger partial charge in [-0.2, -0.15) is 0 Å². The number of aliphatic carboxylic acids is 1. The van der Waals surface area contributed by atoms with E-state index in [0.29, 0.717) is 5.69 Å². The van der Waals surface area contributed by atoms with E-state index in [2.05, 4.69) is 5.32 Å². The van der Waals surface area contributed by atoms with Crippen LogP contribution < -0.4 is 10.2 Å². The van der Waals surface area contributed by atoms with Crippen molar-refractivity contribution in [3.05, 3.63) is 101 Å². The molecule has 2 N–H and O–H groups in total. The number of carboxylic acids is 1. The molecular formula is C29H26N2O4. The first-order chi connectivity index (χ1) is 16.8. The number of carboxylic acid groups (broad SMARTS) is 1. The number of amides is 2. The van der Waals surface area contributed by atoms with E-state index < -0.39 is 35.3 Å². The minimum absolute atomic E-state index is 0.371. The monoisotopic (exact) mass is 466 g/mol. The van der Waals surface area contributed by atoms with E-state index in [4.69, 9.17) is 0 Å². The summed E-state index contributed by atoms with van der Waals surface area (Å²) in [5, 5.41) is 13.2. The van der Waals surface area contributed by atoms with Crippen molar-refractivity contribution in [2.75, 3.05) is 4.90 Å². The third kappa shape index (κ3) is 3.76. The highest BCUT2D eigenvalue weighted by atomic mass is 16.4. The Morgan fingerprint density at radius 1 is 0.886 bits per heavy atom. The molecule has 2 heterocycles. The molecule has 0 aromatic heterocycles. The standard InChI is InChI=1S/C29H26N2O4/c1-18-8-6-7-11-22(18)31-26(32)23-24(27(31)33)29(2,28(34)35)30-25(23)21-16-14-20(15-17-21)13-12-19-9-4-3-5-10-19/h3-17,23-25,30H,1-2H3,(H,34,35)/b13-12+. The van der Waals surface area contributed by atoms with Gasteiger partial charge >= 0.3 is 5.97 Å². The molecule has 2 fully saturated rings. The normalized spacial score (nSPS) is 25.9. The van der Waals surface area contributed by atoms with Gasteiger partial charge < -0.3 is 5.11 Å². The lowest BCUT2D eigenvalue weighted by Crippen LogP contribution is -2.53. The highest BCUT2D eigenvalue weighted by Crippen LogP contribution is 2.50. The molecule has 0 radical (unpaired) electrons. The van der Waals surface area contributed by atoms with Crippen molar-refractivity contribution in [2.24, 2.45) is 11.8 Å². The molecule has 2 aliphatic heterocycles. The molecule has 4 atom stereocenters. The van der Waals surface area contributed by atoms with Gasteiger partial charge in [0, 0.05) is 6.04 Å². The SMILES string of the molecule is Cc1ccccc1N1C(=O)C2C(c3ccc(/C=C/c4ccccc4)cc3)NC(C)(C(=O)O)C2C1=O. The number of imide groups is 1. The predicted octanol–water partition coefficient (Wildman–Crippen LogP) is 4.46. The van der Waals surface area contributed by atoms with Gasteiger partial charge in [-0.25, -0.2) is 4.90 Å². The highest BCUT2D eigenvalue weighted by Gasteiger charge is 2.66. The number of carbonyl (C=O) groups is 3. The summed E-state index contributed by atoms with van der Waals surface area (Å²) in [7, 11) is 0. The molecule has 4 unspecified atom stereocenters. The number of nitrogens with one attached hydrogen (secondary N) is 1. The topological polar surface area (TPSA) is 86.7 Å². The average Bonchev–Trinajstić information content (AvgIpc) is 3.32. The largest absolute Gasteiger partial charge is 0.480 e. The number of carbonyl (C=O) groups excluding carboxylic acids is 2. The number of aryl methyl sites for hydroxylation is 1. The van der Waals surface area contributed by atoms with Crippen molar-refractivity contribution in [3.8, 4) is 0 Å². The van der Waals surface area contributed by atoms with Crippen molar-refractivity contribution in [3.63, 3.8) is 0 Å². The van der Waals surface area contributed by atoms with Crippen LogP contribution in [0.4, 0.5) is 5.69 Å². The summed E-state index contributed by atoms with van der Waals surface area (Å²) in [5.74, 6) is -3.81. The lowest BCUT2D eigenvalue weighted by atomic mass is 9.80. The smallest absolute Gasteiger partial charge is 0.324 e. The zero-order valence-corrected chi connectivity index (χ0v) is 19.5. The lowest BCUT2D eigenvalue weighted by molar-refractivity contribution is -0.147. The van der Waals surface area contributed by atoms with Crippen molar-refractivity contribution in [2.45, 2.75) is 25.4 Å². The van der Waals surface area contributed by atoms with Gasteiger partial charge in [-0.1, -0.05) is 84.9 Å². The summed E-state index contributed by atoms with van der Waals surface area (Å²) in [6, 6.07) is 24.2. The van der Waals surface area contributed by atoms with Gasteiger partial charge in [0.2, 0.25) is 11.8 Å². The van der Waals surface area contributed by atoms with E-state index in [0.717, 1.165) is 22.3 Å². The van der Waals surface area contributed by atoms with Crippen LogP contribution in [0.25, 0.3) is 12.2 Å². The Morgan fingerprint density at radius 2 is 1.49 bits per heavy atom. The number of hydrogen-bond acceptors (Lipinski definition) is 4. The van der Waals surface area contributed by atoms with E-state index >= 15 is 0 Å². The molecule has 0 aliphatic carbocycles. The number of hydrogen-bond donors (Lipinski definition) is 2. The highest BCUT2D eigenvalue weighted by molar-refractivity contribution is 6.24. The number of fused-ring (bicyclic) bond motifs is 1. The molecule has 6 nitrogen and oxygen atoms in total. The minimum atomic E-state index is -1.56. The molecule has 2 amide bonds. The van der Waals surface area contributed by atoms with Gasteiger partial charge in [-0.3, -0.25) is 19.7 Å². The fourth-order valence-corrected chi connectivity index (χ4v) is 5.24. The maximum atomic E-state index is 13.6. The molecule has 35 heavy (non-hydrogen) atoms. The zero-order valence-electron chi connectivity index (χ0n) is 19.5. The summed E-state index contributed by atoms with van der Waals surface area (Å²) in [4.78, 5) is 40.6. The van der Waals surface area contributed by atoms with Crippen LogP contribution in [-0.2, 0) is 14.4 Å². The fraction of sp³-hybridized carbons (Fsp3) is 0.207. The molecule has 5 rings (SSSR count). The van der Waals surface area contributed by atoms with Crippen LogP contribution in [0.3, 0.4) is 0 Å². The Kier molecular flexibility index (Phi) is 5.61. The Labute approximate surface area is 203 Å². The second kappa shape index (κ2) is 8.64. The molecular weight excluding hydrogens is 440 g/mol. The quantitative estimate of drug-likeness (QED) is 0.428. The van der Waals surface area contributed by atoms with Crippen molar-refractivity contribution < 1.29 is 19.5 Å². The Balaban J connectivity index is 1.49. The van der Waals surface area contributed by atoms with E-state index in [1.54, 1.807) is 12.1 Å². The molecule has 3 aromatic carbocycles. The minimum Gasteiger partial charge on any atom is -0.480 e. The molecule has 0 saturated carbocycles. The second-order valence-electron chi connectivity index (χ2n) is 9.34. The van der Waals surface area contributed by atoms with Crippen molar-refractivity contribution in [1.82, 2.24) is 5.32 Å². The zero-order chi connectivity index (χ0) is 24.7. The molecule has 2 saturated heterocycles. The van der Waals surface area contributed by atoms with E-state index in [1.165, 1.54) is 11.8 Å². The van der Waals surface area contributed by atoms with Crippen LogP contribution in [0.2, 0.25) is 0 Å². The summed E-state index contributed by atoms with van der Waals surface area (Å²) >= 11 is 0. The lowest BCUT2D eigenvalue weighted by Gasteiger charge is -2.27. The number of para-hydroxylation sites is 1. The van der Waals surface area contributed by atoms with Crippen LogP contribution >= 0.6 is 0 Å². The number of rotatable bonds is 5. The van der Waals surface area contributed by atoms with E-state index in [-0.39, 0.29) is 5.91 Å². The first kappa shape index (κ1) is 22.7. The summed E-state index contributed by atoms with van der Waals surface area (Å²) < 4.78 is 0. The van der Waals surface area contributed by atoms with Gasteiger partial charge in [0.1, 0.15) is 5.54 Å². The Morgan fingerprint density at radius 3 is 2.11 bits per heavy atom. The van der Waals surface area contributed by atoms with Crippen LogP contribution in [0, 0.1) is 18.8 Å². The van der Waals surface area contributed by atoms with Gasteiger partial charge in [-0.15, -0.1) is 0 Å². The van der Waals surface area contributed by atoms with Crippen LogP contribution in [0.5, 0.6) is 0 Å². The molecule has 0 spiro atoms. The molecule has 6 heteroatoms. The summed E-state index contributed by atoms with van der Waals surface area (Å²) in [6.45, 7) is 3.33.